The molecule has 0 aromatic carbocycles. The summed E-state index contributed by atoms with van der Waals surface area (Å²) in [6.07, 6.45) is 2.21. The van der Waals surface area contributed by atoms with Crippen LogP contribution in [0.4, 0.5) is 0 Å². The Morgan fingerprint density at radius 3 is 3.13 bits per heavy atom. The lowest BCUT2D eigenvalue weighted by atomic mass is 10.5. The molecule has 0 saturated carbocycles. The van der Waals surface area contributed by atoms with Crippen molar-refractivity contribution in [2.24, 2.45) is 0 Å². The Kier molecular flexibility index (Phi) is 5.06. The van der Waals surface area contributed by atoms with Crippen molar-refractivity contribution in [3.05, 3.63) is 18.1 Å². The van der Waals surface area contributed by atoms with E-state index in [9.17, 15) is 4.79 Å². The summed E-state index contributed by atoms with van der Waals surface area (Å²) in [5, 5.41) is 9.31. The number of aliphatic hydroxyl groups excluding tert-OH is 1. The van der Waals surface area contributed by atoms with Gasteiger partial charge in [-0.2, -0.15) is 0 Å². The van der Waals surface area contributed by atoms with Crippen molar-refractivity contribution in [1.29, 1.82) is 0 Å². The van der Waals surface area contributed by atoms with Gasteiger partial charge in [-0.05, 0) is 12.5 Å². The maximum absolute atomic E-state index is 11.1. The van der Waals surface area contributed by atoms with Gasteiger partial charge < -0.3 is 9.84 Å². The average molecular weight is 228 g/mol. The Morgan fingerprint density at radius 2 is 2.47 bits per heavy atom. The Labute approximate surface area is 91.9 Å². The van der Waals surface area contributed by atoms with Crippen molar-refractivity contribution in [2.45, 2.75) is 11.4 Å². The zero-order valence-corrected chi connectivity index (χ0v) is 9.16. The number of aromatic nitrogens is 2. The molecule has 0 saturated heterocycles. The van der Waals surface area contributed by atoms with E-state index < -0.39 is 5.97 Å². The summed E-state index contributed by atoms with van der Waals surface area (Å²) in [6.45, 7) is 0.155. The monoisotopic (exact) mass is 228 g/mol. The third kappa shape index (κ3) is 3.85. The van der Waals surface area contributed by atoms with Crippen molar-refractivity contribution in [1.82, 2.24) is 9.97 Å². The van der Waals surface area contributed by atoms with E-state index >= 15 is 0 Å². The number of methoxy groups -OCH3 is 1. The summed E-state index contributed by atoms with van der Waals surface area (Å²) in [5.74, 6) is 0.278. The summed E-state index contributed by atoms with van der Waals surface area (Å²) >= 11 is 1.47. The summed E-state index contributed by atoms with van der Waals surface area (Å²) in [4.78, 5) is 18.9. The topological polar surface area (TPSA) is 72.3 Å². The molecule has 0 aliphatic heterocycles. The number of esters is 1. The number of carbonyl (C=O) groups is 1. The fourth-order valence-corrected chi connectivity index (χ4v) is 1.64. The van der Waals surface area contributed by atoms with Crippen LogP contribution in [0.5, 0.6) is 0 Å². The molecule has 0 radical (unpaired) electrons. The molecule has 6 heteroatoms. The molecule has 1 rings (SSSR count). The molecule has 0 bridgehead atoms. The van der Waals surface area contributed by atoms with Gasteiger partial charge in [0.05, 0.1) is 7.11 Å². The number of hydrogen-bond acceptors (Lipinski definition) is 6. The van der Waals surface area contributed by atoms with E-state index in [-0.39, 0.29) is 12.4 Å². The SMILES string of the molecule is COC(=O)c1nccc(SCCCO)n1. The first-order chi connectivity index (χ1) is 7.27. The molecule has 0 fully saturated rings. The summed E-state index contributed by atoms with van der Waals surface area (Å²) in [6, 6.07) is 1.72. The van der Waals surface area contributed by atoms with Crippen LogP contribution >= 0.6 is 11.8 Å². The molecule has 0 atom stereocenters. The zero-order valence-electron chi connectivity index (χ0n) is 8.34. The molecule has 1 aromatic rings. The Hall–Kier alpha value is -1.14. The van der Waals surface area contributed by atoms with Crippen molar-refractivity contribution >= 4 is 17.7 Å². The summed E-state index contributed by atoms with van der Waals surface area (Å²) in [7, 11) is 1.29. The largest absolute Gasteiger partial charge is 0.463 e. The highest BCUT2D eigenvalue weighted by atomic mass is 32.2. The number of thioether (sulfide) groups is 1. The highest BCUT2D eigenvalue weighted by Gasteiger charge is 2.09. The lowest BCUT2D eigenvalue weighted by Gasteiger charge is -2.01. The third-order valence-corrected chi connectivity index (χ3v) is 2.57. The molecule has 0 unspecified atom stereocenters. The quantitative estimate of drug-likeness (QED) is 0.347. The van der Waals surface area contributed by atoms with Crippen LogP contribution < -0.4 is 0 Å². The first kappa shape index (κ1) is 11.9. The lowest BCUT2D eigenvalue weighted by Crippen LogP contribution is -2.07. The maximum atomic E-state index is 11.1. The Balaban J connectivity index is 2.62. The van der Waals surface area contributed by atoms with Crippen LogP contribution in [0, 0.1) is 0 Å². The van der Waals surface area contributed by atoms with Gasteiger partial charge in [0.15, 0.2) is 0 Å². The molecule has 1 heterocycles. The minimum atomic E-state index is -0.542. The first-order valence-electron chi connectivity index (χ1n) is 4.43. The van der Waals surface area contributed by atoms with Gasteiger partial charge in [-0.1, -0.05) is 0 Å². The van der Waals surface area contributed by atoms with Crippen molar-refractivity contribution in [2.75, 3.05) is 19.5 Å². The van der Waals surface area contributed by atoms with E-state index in [1.54, 1.807) is 6.07 Å². The summed E-state index contributed by atoms with van der Waals surface area (Å²) in [5.41, 5.74) is 0. The second-order valence-corrected chi connectivity index (χ2v) is 3.75. The van der Waals surface area contributed by atoms with Crippen LogP contribution in [0.2, 0.25) is 0 Å². The normalized spacial score (nSPS) is 10.0. The van der Waals surface area contributed by atoms with Crippen LogP contribution in [0.15, 0.2) is 17.3 Å². The number of aliphatic hydroxyl groups is 1. The molecule has 15 heavy (non-hydrogen) atoms. The average Bonchev–Trinajstić information content (AvgIpc) is 2.29. The number of carbonyl (C=O) groups excluding carboxylic acids is 1. The van der Waals surface area contributed by atoms with Crippen LogP contribution in [-0.2, 0) is 4.74 Å². The molecule has 1 N–H and O–H groups in total. The standard InChI is InChI=1S/C9H12N2O3S/c1-14-9(13)8-10-4-3-7(11-8)15-6-2-5-12/h3-4,12H,2,5-6H2,1H3. The molecule has 0 amide bonds. The number of ether oxygens (including phenoxy) is 1. The van der Waals surface area contributed by atoms with E-state index in [2.05, 4.69) is 14.7 Å². The van der Waals surface area contributed by atoms with E-state index in [4.69, 9.17) is 5.11 Å². The van der Waals surface area contributed by atoms with E-state index in [1.807, 2.05) is 0 Å². The zero-order chi connectivity index (χ0) is 11.1. The minimum absolute atomic E-state index is 0.0616. The van der Waals surface area contributed by atoms with E-state index in [1.165, 1.54) is 25.1 Å². The first-order valence-corrected chi connectivity index (χ1v) is 5.41. The van der Waals surface area contributed by atoms with E-state index in [0.717, 1.165) is 5.75 Å². The number of rotatable bonds is 5. The predicted octanol–water partition coefficient (Wildman–Crippen LogP) is 0.738. The fourth-order valence-electron chi connectivity index (χ4n) is 0.853. The van der Waals surface area contributed by atoms with Crippen molar-refractivity contribution in [3.63, 3.8) is 0 Å². The second-order valence-electron chi connectivity index (χ2n) is 2.64. The van der Waals surface area contributed by atoms with Crippen LogP contribution in [0.25, 0.3) is 0 Å². The molecular weight excluding hydrogens is 216 g/mol. The molecular formula is C9H12N2O3S. The molecule has 0 spiro atoms. The Morgan fingerprint density at radius 1 is 1.67 bits per heavy atom. The van der Waals surface area contributed by atoms with Crippen LogP contribution in [-0.4, -0.2) is 40.5 Å². The molecule has 1 aromatic heterocycles. The lowest BCUT2D eigenvalue weighted by molar-refractivity contribution is 0.0585. The minimum Gasteiger partial charge on any atom is -0.463 e. The van der Waals surface area contributed by atoms with Gasteiger partial charge in [-0.15, -0.1) is 11.8 Å². The van der Waals surface area contributed by atoms with Gasteiger partial charge in [0.1, 0.15) is 5.03 Å². The number of nitrogens with zero attached hydrogens (tertiary/aromatic N) is 2. The van der Waals surface area contributed by atoms with Gasteiger partial charge >= 0.3 is 5.97 Å². The summed E-state index contributed by atoms with van der Waals surface area (Å²) < 4.78 is 4.50. The van der Waals surface area contributed by atoms with Gasteiger partial charge in [-0.25, -0.2) is 14.8 Å². The van der Waals surface area contributed by atoms with Gasteiger partial charge in [-0.3, -0.25) is 0 Å². The van der Waals surface area contributed by atoms with Crippen molar-refractivity contribution in [3.8, 4) is 0 Å². The highest BCUT2D eigenvalue weighted by molar-refractivity contribution is 7.99. The maximum Gasteiger partial charge on any atom is 0.376 e. The molecule has 82 valence electrons. The molecule has 5 nitrogen and oxygen atoms in total. The van der Waals surface area contributed by atoms with Crippen LogP contribution in [0.3, 0.4) is 0 Å². The smallest absolute Gasteiger partial charge is 0.376 e. The van der Waals surface area contributed by atoms with Crippen molar-refractivity contribution < 1.29 is 14.6 Å². The number of hydrogen-bond donors (Lipinski definition) is 1. The third-order valence-electron chi connectivity index (χ3n) is 1.55. The predicted molar refractivity (Wildman–Crippen MR) is 55.8 cm³/mol. The fraction of sp³-hybridized carbons (Fsp3) is 0.444. The molecule has 0 aliphatic carbocycles. The van der Waals surface area contributed by atoms with Crippen LogP contribution in [0.1, 0.15) is 17.0 Å². The highest BCUT2D eigenvalue weighted by Crippen LogP contribution is 2.15. The molecule has 0 aliphatic rings. The van der Waals surface area contributed by atoms with Gasteiger partial charge in [0, 0.05) is 18.6 Å². The van der Waals surface area contributed by atoms with Gasteiger partial charge in [0.2, 0.25) is 5.82 Å². The van der Waals surface area contributed by atoms with E-state index in [0.29, 0.717) is 11.4 Å². The Bertz CT molecular complexity index is 333. The van der Waals surface area contributed by atoms with Gasteiger partial charge in [0.25, 0.3) is 0 Å². The second kappa shape index (κ2) is 6.36.